The summed E-state index contributed by atoms with van der Waals surface area (Å²) < 4.78 is 31.3. The number of ether oxygens (including phenoxy) is 1. The Hall–Kier alpha value is -1.31. The number of carboxylic acids is 1. The van der Waals surface area contributed by atoms with Gasteiger partial charge in [0.15, 0.2) is 0 Å². The third kappa shape index (κ3) is 3.14. The molecule has 21 heavy (non-hydrogen) atoms. The molecule has 0 unspecified atom stereocenters. The lowest BCUT2D eigenvalue weighted by atomic mass is 10.1. The summed E-state index contributed by atoms with van der Waals surface area (Å²) in [6.45, 7) is 0.197. The van der Waals surface area contributed by atoms with Crippen LogP contribution in [0.1, 0.15) is 19.3 Å². The van der Waals surface area contributed by atoms with Gasteiger partial charge in [-0.05, 0) is 37.5 Å². The van der Waals surface area contributed by atoms with Crippen molar-refractivity contribution in [3.05, 3.63) is 23.2 Å². The summed E-state index contributed by atoms with van der Waals surface area (Å²) >= 11 is 5.95. The van der Waals surface area contributed by atoms with Crippen LogP contribution in [0.4, 0.5) is 0 Å². The first-order valence-electron chi connectivity index (χ1n) is 6.46. The van der Waals surface area contributed by atoms with Crippen molar-refractivity contribution >= 4 is 27.6 Å². The fourth-order valence-electron chi connectivity index (χ4n) is 2.38. The maximum absolute atomic E-state index is 12.6. The second-order valence-corrected chi connectivity index (χ2v) is 7.06. The highest BCUT2D eigenvalue weighted by atomic mass is 35.5. The van der Waals surface area contributed by atoms with E-state index < -0.39 is 22.0 Å². The van der Waals surface area contributed by atoms with Crippen LogP contribution in [0.5, 0.6) is 5.75 Å². The smallest absolute Gasteiger partial charge is 0.322 e. The molecule has 0 amide bonds. The topological polar surface area (TPSA) is 83.9 Å². The Morgan fingerprint density at radius 3 is 2.71 bits per heavy atom. The summed E-state index contributed by atoms with van der Waals surface area (Å²) in [4.78, 5) is 11.2. The molecule has 6 nitrogen and oxygen atoms in total. The van der Waals surface area contributed by atoms with Crippen molar-refractivity contribution < 1.29 is 23.1 Å². The molecular weight excluding hydrogens is 318 g/mol. The highest BCUT2D eigenvalue weighted by molar-refractivity contribution is 7.89. The minimum atomic E-state index is -3.89. The van der Waals surface area contributed by atoms with E-state index in [0.29, 0.717) is 25.0 Å². The van der Waals surface area contributed by atoms with E-state index in [-0.39, 0.29) is 16.5 Å². The van der Waals surface area contributed by atoms with Crippen LogP contribution in [-0.2, 0) is 14.8 Å². The summed E-state index contributed by atoms with van der Waals surface area (Å²) in [6.07, 6.45) is 1.66. The van der Waals surface area contributed by atoms with Crippen molar-refractivity contribution in [1.82, 2.24) is 4.31 Å². The number of rotatable bonds is 4. The standard InChI is InChI=1S/C13H16ClNO5S/c1-20-12-6-5-9(8-10(12)14)21(18,19)15-7-3-2-4-11(15)13(16)17/h5-6,8,11H,2-4,7H2,1H3,(H,16,17)/t11-/m1/s1. The number of piperidine rings is 1. The number of hydrogen-bond donors (Lipinski definition) is 1. The molecular formula is C13H16ClNO5S. The molecule has 0 aromatic heterocycles. The van der Waals surface area contributed by atoms with E-state index in [2.05, 4.69) is 0 Å². The van der Waals surface area contributed by atoms with Gasteiger partial charge in [0.05, 0.1) is 17.0 Å². The fraction of sp³-hybridized carbons (Fsp3) is 0.462. The van der Waals surface area contributed by atoms with Gasteiger partial charge in [0, 0.05) is 6.54 Å². The van der Waals surface area contributed by atoms with Crippen LogP contribution in [0.25, 0.3) is 0 Å². The van der Waals surface area contributed by atoms with Gasteiger partial charge in [-0.1, -0.05) is 11.6 Å². The summed E-state index contributed by atoms with van der Waals surface area (Å²) in [7, 11) is -2.46. The number of hydrogen-bond acceptors (Lipinski definition) is 4. The van der Waals surface area contributed by atoms with Crippen molar-refractivity contribution in [2.75, 3.05) is 13.7 Å². The van der Waals surface area contributed by atoms with Gasteiger partial charge in [-0.3, -0.25) is 4.79 Å². The molecule has 1 aliphatic heterocycles. The van der Waals surface area contributed by atoms with E-state index in [9.17, 15) is 18.3 Å². The average Bonchev–Trinajstić information content (AvgIpc) is 2.47. The zero-order chi connectivity index (χ0) is 15.6. The van der Waals surface area contributed by atoms with E-state index in [0.717, 1.165) is 4.31 Å². The summed E-state index contributed by atoms with van der Waals surface area (Å²) in [5.74, 6) is -0.762. The highest BCUT2D eigenvalue weighted by Gasteiger charge is 2.37. The minimum Gasteiger partial charge on any atom is -0.495 e. The van der Waals surface area contributed by atoms with E-state index in [4.69, 9.17) is 16.3 Å². The first-order valence-corrected chi connectivity index (χ1v) is 8.28. The zero-order valence-corrected chi connectivity index (χ0v) is 13.0. The molecule has 1 saturated heterocycles. The van der Waals surface area contributed by atoms with Crippen LogP contribution >= 0.6 is 11.6 Å². The first-order chi connectivity index (χ1) is 9.87. The van der Waals surface area contributed by atoms with Crippen LogP contribution in [0.2, 0.25) is 5.02 Å². The molecule has 8 heteroatoms. The number of benzene rings is 1. The molecule has 0 saturated carbocycles. The minimum absolute atomic E-state index is 0.0264. The summed E-state index contributed by atoms with van der Waals surface area (Å²) in [6, 6.07) is 3.08. The van der Waals surface area contributed by atoms with Crippen LogP contribution < -0.4 is 4.74 Å². The molecule has 1 aromatic carbocycles. The van der Waals surface area contributed by atoms with E-state index in [1.54, 1.807) is 0 Å². The van der Waals surface area contributed by atoms with E-state index >= 15 is 0 Å². The van der Waals surface area contributed by atoms with Gasteiger partial charge in [-0.15, -0.1) is 0 Å². The molecule has 0 radical (unpaired) electrons. The molecule has 1 aliphatic rings. The largest absolute Gasteiger partial charge is 0.495 e. The molecule has 1 atom stereocenters. The summed E-state index contributed by atoms with van der Waals surface area (Å²) in [5, 5.41) is 9.37. The Kier molecular flexibility index (Phi) is 4.75. The van der Waals surface area contributed by atoms with Gasteiger partial charge >= 0.3 is 5.97 Å². The van der Waals surface area contributed by atoms with Gasteiger partial charge < -0.3 is 9.84 Å². The van der Waals surface area contributed by atoms with Crippen LogP contribution in [0, 0.1) is 0 Å². The van der Waals surface area contributed by atoms with Gasteiger partial charge in [0.1, 0.15) is 11.8 Å². The van der Waals surface area contributed by atoms with E-state index in [1.165, 1.54) is 25.3 Å². The van der Waals surface area contributed by atoms with Gasteiger partial charge in [-0.25, -0.2) is 8.42 Å². The van der Waals surface area contributed by atoms with Gasteiger partial charge in [0.25, 0.3) is 0 Å². The number of carbonyl (C=O) groups is 1. The number of sulfonamides is 1. The zero-order valence-electron chi connectivity index (χ0n) is 11.5. The van der Waals surface area contributed by atoms with Crippen molar-refractivity contribution in [2.24, 2.45) is 0 Å². The van der Waals surface area contributed by atoms with Crippen molar-refractivity contribution in [3.8, 4) is 5.75 Å². The Balaban J connectivity index is 2.40. The van der Waals surface area contributed by atoms with Crippen LogP contribution in [-0.4, -0.2) is 43.5 Å². The third-order valence-electron chi connectivity index (χ3n) is 3.47. The second-order valence-electron chi connectivity index (χ2n) is 4.76. The van der Waals surface area contributed by atoms with Crippen LogP contribution in [0.3, 0.4) is 0 Å². The number of carboxylic acid groups (broad SMARTS) is 1. The van der Waals surface area contributed by atoms with Crippen molar-refractivity contribution in [1.29, 1.82) is 0 Å². The predicted octanol–water partition coefficient (Wildman–Crippen LogP) is 1.98. The molecule has 0 bridgehead atoms. The number of methoxy groups -OCH3 is 1. The number of aliphatic carboxylic acids is 1. The number of nitrogens with zero attached hydrogens (tertiary/aromatic N) is 1. The molecule has 1 fully saturated rings. The van der Waals surface area contributed by atoms with Gasteiger partial charge in [0.2, 0.25) is 10.0 Å². The lowest BCUT2D eigenvalue weighted by molar-refractivity contribution is -0.142. The molecule has 1 aromatic rings. The molecule has 1 N–H and O–H groups in total. The second kappa shape index (κ2) is 6.21. The molecule has 2 rings (SSSR count). The van der Waals surface area contributed by atoms with E-state index in [1.807, 2.05) is 0 Å². The Morgan fingerprint density at radius 1 is 1.43 bits per heavy atom. The Morgan fingerprint density at radius 2 is 2.14 bits per heavy atom. The maximum Gasteiger partial charge on any atom is 0.322 e. The molecule has 1 heterocycles. The molecule has 0 spiro atoms. The SMILES string of the molecule is COc1ccc(S(=O)(=O)N2CCCC[C@@H]2C(=O)O)cc1Cl. The molecule has 116 valence electrons. The predicted molar refractivity (Wildman–Crippen MR) is 77.2 cm³/mol. The maximum atomic E-state index is 12.6. The molecule has 0 aliphatic carbocycles. The van der Waals surface area contributed by atoms with Crippen molar-refractivity contribution in [2.45, 2.75) is 30.2 Å². The Bertz CT molecular complexity index is 646. The first kappa shape index (κ1) is 16.1. The lowest BCUT2D eigenvalue weighted by Crippen LogP contribution is -2.47. The van der Waals surface area contributed by atoms with Crippen molar-refractivity contribution in [3.63, 3.8) is 0 Å². The average molecular weight is 334 g/mol. The quantitative estimate of drug-likeness (QED) is 0.910. The van der Waals surface area contributed by atoms with Gasteiger partial charge in [-0.2, -0.15) is 4.31 Å². The fourth-order valence-corrected chi connectivity index (χ4v) is 4.38. The highest BCUT2D eigenvalue weighted by Crippen LogP contribution is 2.31. The monoisotopic (exact) mass is 333 g/mol. The number of halogens is 1. The normalized spacial score (nSPS) is 20.2. The van der Waals surface area contributed by atoms with Crippen LogP contribution in [0.15, 0.2) is 23.1 Å². The summed E-state index contributed by atoms with van der Waals surface area (Å²) in [5.41, 5.74) is 0. The lowest BCUT2D eigenvalue weighted by Gasteiger charge is -2.31. The third-order valence-corrected chi connectivity index (χ3v) is 5.67. The Labute approximate surface area is 128 Å².